The van der Waals surface area contributed by atoms with E-state index in [-0.39, 0.29) is 11.6 Å². The number of fused-ring (bicyclic) bond motifs is 1. The fourth-order valence-corrected chi connectivity index (χ4v) is 2.42. The number of benzene rings is 2. The molecule has 6 heteroatoms. The number of anilines is 1. The molecule has 1 aromatic heterocycles. The first kappa shape index (κ1) is 12.7. The molecule has 3 rings (SSSR count). The molecule has 5 nitrogen and oxygen atoms in total. The fourth-order valence-electron chi connectivity index (χ4n) is 1.95. The third-order valence-corrected chi connectivity index (χ3v) is 3.58. The molecule has 3 aromatic rings. The summed E-state index contributed by atoms with van der Waals surface area (Å²) >= 11 is 3.34. The maximum atomic E-state index is 12.2. The van der Waals surface area contributed by atoms with E-state index in [1.165, 1.54) is 0 Å². The Hall–Kier alpha value is -2.34. The van der Waals surface area contributed by atoms with Gasteiger partial charge in [0.25, 0.3) is 5.91 Å². The number of rotatable bonds is 2. The molecule has 3 N–H and O–H groups in total. The molecule has 1 amide bonds. The molecule has 0 saturated carbocycles. The topological polar surface area (TPSA) is 77.8 Å². The molecule has 0 unspecified atom stereocenters. The first-order valence-electron chi connectivity index (χ1n) is 5.91. The maximum Gasteiger partial charge on any atom is 0.323 e. The first-order chi connectivity index (χ1) is 9.63. The van der Waals surface area contributed by atoms with Gasteiger partial charge in [0.2, 0.25) is 0 Å². The van der Waals surface area contributed by atoms with Gasteiger partial charge in [0, 0.05) is 10.2 Å². The number of carbonyl (C=O) groups excluding carboxylic acids is 1. The molecule has 20 heavy (non-hydrogen) atoms. The minimum Gasteiger partial charge on any atom is -0.322 e. The van der Waals surface area contributed by atoms with Crippen LogP contribution in [0.25, 0.3) is 11.0 Å². The van der Waals surface area contributed by atoms with Crippen molar-refractivity contribution < 1.29 is 4.79 Å². The first-order valence-corrected chi connectivity index (χ1v) is 6.71. The summed E-state index contributed by atoms with van der Waals surface area (Å²) in [6.07, 6.45) is 0. The lowest BCUT2D eigenvalue weighted by Gasteiger charge is -2.06. The Bertz CT molecular complexity index is 851. The van der Waals surface area contributed by atoms with Crippen molar-refractivity contribution in [3.8, 4) is 0 Å². The van der Waals surface area contributed by atoms with Crippen LogP contribution in [-0.4, -0.2) is 15.9 Å². The Balaban J connectivity index is 1.91. The van der Waals surface area contributed by atoms with Crippen molar-refractivity contribution in [3.05, 3.63) is 63.0 Å². The number of aromatic nitrogens is 2. The average Bonchev–Trinajstić information content (AvgIpc) is 2.78. The monoisotopic (exact) mass is 331 g/mol. The zero-order valence-corrected chi connectivity index (χ0v) is 11.8. The van der Waals surface area contributed by atoms with E-state index in [0.717, 1.165) is 4.47 Å². The van der Waals surface area contributed by atoms with Gasteiger partial charge in [-0.15, -0.1) is 0 Å². The third-order valence-electron chi connectivity index (χ3n) is 2.89. The van der Waals surface area contributed by atoms with Crippen molar-refractivity contribution in [2.45, 2.75) is 0 Å². The van der Waals surface area contributed by atoms with Gasteiger partial charge in [-0.05, 0) is 46.3 Å². The predicted molar refractivity (Wildman–Crippen MR) is 81.0 cm³/mol. The third kappa shape index (κ3) is 2.37. The molecule has 100 valence electrons. The molecule has 0 saturated heterocycles. The highest BCUT2D eigenvalue weighted by Gasteiger charge is 2.10. The van der Waals surface area contributed by atoms with Gasteiger partial charge in [-0.1, -0.05) is 12.1 Å². The predicted octanol–water partition coefficient (Wildman–Crippen LogP) is 2.87. The fraction of sp³-hybridized carbons (Fsp3) is 0. The standard InChI is InChI=1S/C14H10BrN3O2/c15-10-4-2-1-3-9(10)13(19)16-8-5-6-11-12(7-8)18-14(20)17-11/h1-7H,(H,16,19)(H2,17,18,20). The van der Waals surface area contributed by atoms with Crippen LogP contribution in [0.4, 0.5) is 5.69 Å². The van der Waals surface area contributed by atoms with Crippen LogP contribution in [0, 0.1) is 0 Å². The highest BCUT2D eigenvalue weighted by atomic mass is 79.9. The van der Waals surface area contributed by atoms with E-state index >= 15 is 0 Å². The SMILES string of the molecule is O=C(Nc1ccc2[nH]c(=O)[nH]c2c1)c1ccccc1Br. The van der Waals surface area contributed by atoms with E-state index in [0.29, 0.717) is 22.3 Å². The smallest absolute Gasteiger partial charge is 0.322 e. The number of aromatic amines is 2. The number of hydrogen-bond donors (Lipinski definition) is 3. The molecule has 2 aromatic carbocycles. The molecular formula is C14H10BrN3O2. The number of imidazole rings is 1. The van der Waals surface area contributed by atoms with Crippen LogP contribution in [-0.2, 0) is 0 Å². The number of H-pyrrole nitrogens is 2. The second-order valence-electron chi connectivity index (χ2n) is 4.27. The normalized spacial score (nSPS) is 10.7. The number of amides is 1. The van der Waals surface area contributed by atoms with E-state index in [1.807, 2.05) is 12.1 Å². The Morgan fingerprint density at radius 1 is 1.05 bits per heavy atom. The number of hydrogen-bond acceptors (Lipinski definition) is 2. The molecule has 0 fully saturated rings. The molecule has 0 atom stereocenters. The summed E-state index contributed by atoms with van der Waals surface area (Å²) < 4.78 is 0.730. The van der Waals surface area contributed by atoms with Crippen LogP contribution in [0.5, 0.6) is 0 Å². The highest BCUT2D eigenvalue weighted by Crippen LogP contribution is 2.19. The van der Waals surface area contributed by atoms with Crippen LogP contribution in [0.15, 0.2) is 51.7 Å². The molecule has 0 radical (unpaired) electrons. The summed E-state index contributed by atoms with van der Waals surface area (Å²) in [7, 11) is 0. The lowest BCUT2D eigenvalue weighted by molar-refractivity contribution is 0.102. The van der Waals surface area contributed by atoms with Crippen molar-refractivity contribution in [2.24, 2.45) is 0 Å². The summed E-state index contributed by atoms with van der Waals surface area (Å²) in [5, 5.41) is 2.80. The lowest BCUT2D eigenvalue weighted by Crippen LogP contribution is -2.12. The van der Waals surface area contributed by atoms with E-state index in [9.17, 15) is 9.59 Å². The van der Waals surface area contributed by atoms with Crippen molar-refractivity contribution >= 4 is 38.6 Å². The number of halogens is 1. The maximum absolute atomic E-state index is 12.2. The van der Waals surface area contributed by atoms with Crippen molar-refractivity contribution in [1.82, 2.24) is 9.97 Å². The van der Waals surface area contributed by atoms with Crippen LogP contribution in [0.3, 0.4) is 0 Å². The molecule has 0 aliphatic carbocycles. The summed E-state index contributed by atoms with van der Waals surface area (Å²) in [6.45, 7) is 0. The number of carbonyl (C=O) groups is 1. The quantitative estimate of drug-likeness (QED) is 0.675. The average molecular weight is 332 g/mol. The molecule has 0 bridgehead atoms. The van der Waals surface area contributed by atoms with Crippen molar-refractivity contribution in [3.63, 3.8) is 0 Å². The van der Waals surface area contributed by atoms with Crippen LogP contribution < -0.4 is 11.0 Å². The second kappa shape index (κ2) is 4.97. The molecule has 0 spiro atoms. The van der Waals surface area contributed by atoms with Gasteiger partial charge >= 0.3 is 5.69 Å². The van der Waals surface area contributed by atoms with E-state index < -0.39 is 0 Å². The van der Waals surface area contributed by atoms with Gasteiger partial charge in [-0.2, -0.15) is 0 Å². The molecule has 0 aliphatic heterocycles. The summed E-state index contributed by atoms with van der Waals surface area (Å²) in [5.74, 6) is -0.213. The zero-order chi connectivity index (χ0) is 14.1. The van der Waals surface area contributed by atoms with Crippen LogP contribution in [0.1, 0.15) is 10.4 Å². The summed E-state index contributed by atoms with van der Waals surface area (Å²) in [6, 6.07) is 12.4. The van der Waals surface area contributed by atoms with Gasteiger partial charge in [0.05, 0.1) is 16.6 Å². The van der Waals surface area contributed by atoms with Gasteiger partial charge in [0.1, 0.15) is 0 Å². The Morgan fingerprint density at radius 2 is 1.80 bits per heavy atom. The van der Waals surface area contributed by atoms with Crippen LogP contribution >= 0.6 is 15.9 Å². The largest absolute Gasteiger partial charge is 0.323 e. The molecule has 0 aliphatic rings. The van der Waals surface area contributed by atoms with Gasteiger partial charge in [-0.3, -0.25) is 4.79 Å². The zero-order valence-electron chi connectivity index (χ0n) is 10.2. The number of nitrogens with one attached hydrogen (secondary N) is 3. The van der Waals surface area contributed by atoms with Crippen molar-refractivity contribution in [1.29, 1.82) is 0 Å². The van der Waals surface area contributed by atoms with Crippen molar-refractivity contribution in [2.75, 3.05) is 5.32 Å². The Labute approximate surface area is 122 Å². The second-order valence-corrected chi connectivity index (χ2v) is 5.13. The molecule has 1 heterocycles. The highest BCUT2D eigenvalue weighted by molar-refractivity contribution is 9.10. The Kier molecular flexibility index (Phi) is 3.15. The lowest BCUT2D eigenvalue weighted by atomic mass is 10.2. The van der Waals surface area contributed by atoms with Gasteiger partial charge in [-0.25, -0.2) is 4.79 Å². The van der Waals surface area contributed by atoms with E-state index in [1.54, 1.807) is 30.3 Å². The Morgan fingerprint density at radius 3 is 2.60 bits per heavy atom. The van der Waals surface area contributed by atoms with Gasteiger partial charge < -0.3 is 15.3 Å². The van der Waals surface area contributed by atoms with Gasteiger partial charge in [0.15, 0.2) is 0 Å². The minimum atomic E-state index is -0.269. The van der Waals surface area contributed by atoms with E-state index in [2.05, 4.69) is 31.2 Å². The minimum absolute atomic E-state index is 0.213. The van der Waals surface area contributed by atoms with E-state index in [4.69, 9.17) is 0 Å². The molecular weight excluding hydrogens is 322 g/mol. The summed E-state index contributed by atoms with van der Waals surface area (Å²) in [5.41, 5.74) is 2.26. The summed E-state index contributed by atoms with van der Waals surface area (Å²) in [4.78, 5) is 28.6. The van der Waals surface area contributed by atoms with Crippen LogP contribution in [0.2, 0.25) is 0 Å².